The van der Waals surface area contributed by atoms with E-state index in [4.69, 9.17) is 8.19 Å². The molecule has 1 rings (SSSR count). The predicted octanol–water partition coefficient (Wildman–Crippen LogP) is -0.886. The van der Waals surface area contributed by atoms with Crippen LogP contribution in [0.1, 0.15) is 6.92 Å². The number of carbonyl (C=O) groups excluding carboxylic acids is 1. The van der Waals surface area contributed by atoms with Gasteiger partial charge in [-0.1, -0.05) is 0 Å². The van der Waals surface area contributed by atoms with Crippen LogP contribution in [0.4, 0.5) is 11.4 Å². The summed E-state index contributed by atoms with van der Waals surface area (Å²) in [7, 11) is 0. The normalized spacial score (nSPS) is 11.0. The van der Waals surface area contributed by atoms with E-state index in [1.165, 1.54) is 0 Å². The Labute approximate surface area is 98.4 Å². The molecule has 0 saturated carbocycles. The first-order valence-corrected chi connectivity index (χ1v) is 7.72. The van der Waals surface area contributed by atoms with Gasteiger partial charge in [-0.05, 0) is 0 Å². The van der Waals surface area contributed by atoms with Crippen LogP contribution in [0.25, 0.3) is 0 Å². The number of hydrogen-bond acceptors (Lipinski definition) is 4. The maximum absolute atomic E-state index is 11.0. The van der Waals surface area contributed by atoms with E-state index in [1.54, 1.807) is 0 Å². The fourth-order valence-electron chi connectivity index (χ4n) is 1.15. The number of hydrogen-bond donors (Lipinski definition) is 3. The van der Waals surface area contributed by atoms with Crippen molar-refractivity contribution in [2.24, 2.45) is 0 Å². The van der Waals surface area contributed by atoms with Crippen molar-refractivity contribution in [3.63, 3.8) is 0 Å². The van der Waals surface area contributed by atoms with Crippen molar-refractivity contribution < 1.29 is 21.6 Å². The van der Waals surface area contributed by atoms with Gasteiger partial charge in [0.05, 0.1) is 0 Å². The standard InChI is InChI=1S/C8H9AsN2O6/c1-5(12)10-7-4-6(9(13,14)15)2-3-8(7)11(16)17/h2-4H,1H3,(H,10,12)(H2,13,14,15). The molecule has 0 saturated heterocycles. The van der Waals surface area contributed by atoms with Gasteiger partial charge in [0.1, 0.15) is 0 Å². The summed E-state index contributed by atoms with van der Waals surface area (Å²) in [5.41, 5.74) is -0.655. The molecule has 92 valence electrons. The Balaban J connectivity index is 3.34. The number of nitrogens with one attached hydrogen (secondary N) is 1. The van der Waals surface area contributed by atoms with Crippen LogP contribution in [0, 0.1) is 10.1 Å². The molecule has 0 heterocycles. The molecule has 0 radical (unpaired) electrons. The number of nitrogens with zero attached hydrogens (tertiary/aromatic N) is 1. The van der Waals surface area contributed by atoms with E-state index >= 15 is 0 Å². The van der Waals surface area contributed by atoms with Gasteiger partial charge in [0.15, 0.2) is 0 Å². The zero-order valence-electron chi connectivity index (χ0n) is 8.65. The maximum atomic E-state index is 11.0. The Morgan fingerprint density at radius 3 is 2.47 bits per heavy atom. The Morgan fingerprint density at radius 1 is 1.47 bits per heavy atom. The van der Waals surface area contributed by atoms with Crippen LogP contribution < -0.4 is 9.67 Å². The SMILES string of the molecule is CC(=O)Nc1cc([As](=O)(O)O)ccc1[N+](=O)[O-]. The first kappa shape index (κ1) is 13.4. The fourth-order valence-corrected chi connectivity index (χ4v) is 2.34. The minimum absolute atomic E-state index is 0.232. The average molecular weight is 304 g/mol. The molecule has 1 aromatic rings. The summed E-state index contributed by atoms with van der Waals surface area (Å²) >= 11 is -5.14. The molecule has 1 aromatic carbocycles. The van der Waals surface area contributed by atoms with Crippen molar-refractivity contribution in [2.75, 3.05) is 5.32 Å². The van der Waals surface area contributed by atoms with Crippen molar-refractivity contribution >= 4 is 35.8 Å². The van der Waals surface area contributed by atoms with Gasteiger partial charge < -0.3 is 0 Å². The Kier molecular flexibility index (Phi) is 3.72. The molecule has 17 heavy (non-hydrogen) atoms. The van der Waals surface area contributed by atoms with Gasteiger partial charge in [0.25, 0.3) is 0 Å². The molecule has 0 aliphatic carbocycles. The van der Waals surface area contributed by atoms with E-state index < -0.39 is 30.7 Å². The average Bonchev–Trinajstić information content (AvgIpc) is 2.14. The zero-order valence-corrected chi connectivity index (χ0v) is 10.5. The Morgan fingerprint density at radius 2 is 2.06 bits per heavy atom. The van der Waals surface area contributed by atoms with Crippen LogP contribution >= 0.6 is 0 Å². The van der Waals surface area contributed by atoms with E-state index in [0.29, 0.717) is 0 Å². The minimum atomic E-state index is -5.14. The van der Waals surface area contributed by atoms with E-state index in [2.05, 4.69) is 5.32 Å². The second-order valence-corrected chi connectivity index (χ2v) is 6.55. The van der Waals surface area contributed by atoms with Crippen LogP contribution in [0.5, 0.6) is 0 Å². The summed E-state index contributed by atoms with van der Waals surface area (Å²) in [6.45, 7) is 1.14. The monoisotopic (exact) mass is 304 g/mol. The predicted molar refractivity (Wildman–Crippen MR) is 57.9 cm³/mol. The van der Waals surface area contributed by atoms with Gasteiger partial charge in [-0.25, -0.2) is 0 Å². The van der Waals surface area contributed by atoms with E-state index in [-0.39, 0.29) is 10.0 Å². The molecule has 0 bridgehead atoms. The number of anilines is 1. The second kappa shape index (κ2) is 4.70. The molecule has 0 aliphatic heterocycles. The van der Waals surface area contributed by atoms with Crippen molar-refractivity contribution in [2.45, 2.75) is 6.92 Å². The molecule has 1 amide bonds. The summed E-state index contributed by atoms with van der Waals surface area (Å²) in [5.74, 6) is -0.566. The summed E-state index contributed by atoms with van der Waals surface area (Å²) in [5, 5.41) is 12.8. The molecule has 0 spiro atoms. The second-order valence-electron chi connectivity index (χ2n) is 3.18. The van der Waals surface area contributed by atoms with Crippen molar-refractivity contribution in [3.8, 4) is 0 Å². The molecular formula is C8H9AsN2O6. The molecule has 0 unspecified atom stereocenters. The van der Waals surface area contributed by atoms with E-state index in [0.717, 1.165) is 25.1 Å². The Bertz CT molecular complexity index is 523. The van der Waals surface area contributed by atoms with Gasteiger partial charge in [0, 0.05) is 0 Å². The number of nitro groups is 1. The van der Waals surface area contributed by atoms with Crippen LogP contribution in [0.3, 0.4) is 0 Å². The van der Waals surface area contributed by atoms with E-state index in [1.807, 2.05) is 0 Å². The summed E-state index contributed by atoms with van der Waals surface area (Å²) in [6.07, 6.45) is 0. The van der Waals surface area contributed by atoms with Crippen molar-refractivity contribution in [3.05, 3.63) is 28.3 Å². The topological polar surface area (TPSA) is 130 Å². The Hall–Kier alpha value is -1.63. The summed E-state index contributed by atoms with van der Waals surface area (Å²) in [6, 6.07) is 2.84. The molecule has 0 atom stereocenters. The number of amides is 1. The van der Waals surface area contributed by atoms with Gasteiger partial charge in [-0.3, -0.25) is 0 Å². The zero-order chi connectivity index (χ0) is 13.2. The van der Waals surface area contributed by atoms with Gasteiger partial charge in [-0.15, -0.1) is 0 Å². The van der Waals surface area contributed by atoms with E-state index in [9.17, 15) is 18.6 Å². The van der Waals surface area contributed by atoms with Crippen molar-refractivity contribution in [1.29, 1.82) is 0 Å². The fraction of sp³-hybridized carbons (Fsp3) is 0.125. The van der Waals surface area contributed by atoms with Gasteiger partial charge >= 0.3 is 98.0 Å². The summed E-state index contributed by atoms with van der Waals surface area (Å²) in [4.78, 5) is 20.7. The van der Waals surface area contributed by atoms with Crippen LogP contribution in [0.15, 0.2) is 18.2 Å². The van der Waals surface area contributed by atoms with Crippen LogP contribution in [0.2, 0.25) is 0 Å². The first-order chi connectivity index (χ1) is 7.71. The van der Waals surface area contributed by atoms with Crippen LogP contribution in [-0.4, -0.2) is 33.2 Å². The number of benzene rings is 1. The third-order valence-corrected chi connectivity index (χ3v) is 3.82. The molecule has 3 N–H and O–H groups in total. The molecule has 9 heteroatoms. The molecule has 8 nitrogen and oxygen atoms in total. The third kappa shape index (κ3) is 3.42. The number of rotatable bonds is 3. The van der Waals surface area contributed by atoms with Gasteiger partial charge in [-0.2, -0.15) is 0 Å². The molecule has 0 fully saturated rings. The quantitative estimate of drug-likeness (QED) is 0.377. The third-order valence-electron chi connectivity index (χ3n) is 1.82. The molecular weight excluding hydrogens is 295 g/mol. The summed E-state index contributed by atoms with van der Waals surface area (Å²) < 4.78 is 28.6. The van der Waals surface area contributed by atoms with Crippen molar-refractivity contribution in [1.82, 2.24) is 0 Å². The van der Waals surface area contributed by atoms with Gasteiger partial charge in [0.2, 0.25) is 0 Å². The molecule has 0 aromatic heterocycles. The number of nitro benzene ring substituents is 1. The first-order valence-electron chi connectivity index (χ1n) is 4.34. The number of carbonyl (C=O) groups is 1. The van der Waals surface area contributed by atoms with Crippen LogP contribution in [-0.2, 0) is 8.53 Å². The molecule has 0 aliphatic rings.